The zero-order valence-corrected chi connectivity index (χ0v) is 22.8. The molecule has 4 heterocycles. The summed E-state index contributed by atoms with van der Waals surface area (Å²) in [5, 5.41) is 4.83. The first-order valence-corrected chi connectivity index (χ1v) is 13.5. The first-order valence-electron chi connectivity index (χ1n) is 13.5. The van der Waals surface area contributed by atoms with Crippen LogP contribution in [0.15, 0.2) is 65.5 Å². The number of ketones is 1. The van der Waals surface area contributed by atoms with Crippen molar-refractivity contribution < 1.29 is 23.5 Å². The lowest BCUT2D eigenvalue weighted by molar-refractivity contribution is 0.0730. The maximum absolute atomic E-state index is 13.7. The van der Waals surface area contributed by atoms with E-state index in [2.05, 4.69) is 13.0 Å². The summed E-state index contributed by atoms with van der Waals surface area (Å²) in [5.41, 5.74) is 3.82. The van der Waals surface area contributed by atoms with Gasteiger partial charge in [-0.2, -0.15) is 5.10 Å². The Morgan fingerprint density at radius 1 is 1.13 bits per heavy atom. The van der Waals surface area contributed by atoms with Crippen LogP contribution in [0.5, 0.6) is 11.5 Å². The van der Waals surface area contributed by atoms with Crippen LogP contribution in [0.4, 0.5) is 0 Å². The number of rotatable bonds is 7. The first kappa shape index (κ1) is 26.5. The Hall–Kier alpha value is -4.07. The SMILES string of the molecule is COc1ccc(/C2=C/C=C\CCc3cc(C(=O)N4CCCC(CC(=O)c5ccoc5)[C@@H](C)C4)nn32)cc1OC. The molecule has 1 aromatic carbocycles. The summed E-state index contributed by atoms with van der Waals surface area (Å²) < 4.78 is 17.9. The average Bonchev–Trinajstić information content (AvgIpc) is 3.58. The number of Topliss-reactive ketones (excluding diaryl/α,β-unsaturated/α-hetero) is 1. The molecule has 5 rings (SSSR count). The van der Waals surface area contributed by atoms with Crippen molar-refractivity contribution in [2.75, 3.05) is 27.3 Å². The lowest BCUT2D eigenvalue weighted by Gasteiger charge is -2.25. The molecule has 2 aliphatic rings. The lowest BCUT2D eigenvalue weighted by Crippen LogP contribution is -2.35. The molecule has 1 fully saturated rings. The molecule has 0 radical (unpaired) electrons. The fourth-order valence-corrected chi connectivity index (χ4v) is 5.53. The van der Waals surface area contributed by atoms with Crippen molar-refractivity contribution in [1.82, 2.24) is 14.7 Å². The van der Waals surface area contributed by atoms with Crippen molar-refractivity contribution in [1.29, 1.82) is 0 Å². The summed E-state index contributed by atoms with van der Waals surface area (Å²) in [4.78, 5) is 28.3. The molecule has 1 amide bonds. The molecule has 204 valence electrons. The highest BCUT2D eigenvalue weighted by molar-refractivity contribution is 5.96. The number of carbonyl (C=O) groups is 2. The second-order valence-corrected chi connectivity index (χ2v) is 10.3. The number of allylic oxidation sites excluding steroid dienone is 3. The van der Waals surface area contributed by atoms with Crippen LogP contribution < -0.4 is 9.47 Å². The number of carbonyl (C=O) groups excluding carboxylic acids is 2. The van der Waals surface area contributed by atoms with Crippen LogP contribution in [0.2, 0.25) is 0 Å². The van der Waals surface area contributed by atoms with E-state index >= 15 is 0 Å². The fraction of sp³-hybridized carbons (Fsp3) is 0.387. The van der Waals surface area contributed by atoms with Crippen LogP contribution in [0.1, 0.15) is 64.7 Å². The predicted octanol–water partition coefficient (Wildman–Crippen LogP) is 5.65. The number of methoxy groups -OCH3 is 2. The number of nitrogens with zero attached hydrogens (tertiary/aromatic N) is 3. The minimum atomic E-state index is -0.0671. The minimum absolute atomic E-state index is 0.0671. The Labute approximate surface area is 228 Å². The van der Waals surface area contributed by atoms with Crippen LogP contribution in [0, 0.1) is 11.8 Å². The van der Waals surface area contributed by atoms with Crippen LogP contribution in [0.25, 0.3) is 5.70 Å². The van der Waals surface area contributed by atoms with E-state index in [0.29, 0.717) is 42.3 Å². The normalized spacial score (nSPS) is 21.5. The monoisotopic (exact) mass is 529 g/mol. The number of aromatic nitrogens is 2. The van der Waals surface area contributed by atoms with Gasteiger partial charge in [-0.15, -0.1) is 0 Å². The van der Waals surface area contributed by atoms with E-state index < -0.39 is 0 Å². The molecular formula is C31H35N3O5. The molecule has 0 saturated carbocycles. The summed E-state index contributed by atoms with van der Waals surface area (Å²) in [6, 6.07) is 9.40. The number of fused-ring (bicyclic) bond motifs is 1. The van der Waals surface area contributed by atoms with Gasteiger partial charge in [0.25, 0.3) is 5.91 Å². The van der Waals surface area contributed by atoms with Gasteiger partial charge in [-0.25, -0.2) is 4.68 Å². The number of furan rings is 1. The molecular weight excluding hydrogens is 494 g/mol. The molecule has 2 aliphatic heterocycles. The van der Waals surface area contributed by atoms with Gasteiger partial charge in [0.1, 0.15) is 6.26 Å². The molecule has 0 spiro atoms. The van der Waals surface area contributed by atoms with E-state index in [1.54, 1.807) is 20.3 Å². The second-order valence-electron chi connectivity index (χ2n) is 10.3. The molecule has 0 N–H and O–H groups in total. The molecule has 1 saturated heterocycles. The zero-order chi connectivity index (χ0) is 27.4. The summed E-state index contributed by atoms with van der Waals surface area (Å²) in [7, 11) is 3.23. The predicted molar refractivity (Wildman–Crippen MR) is 148 cm³/mol. The third kappa shape index (κ3) is 5.70. The van der Waals surface area contributed by atoms with Gasteiger partial charge in [-0.05, 0) is 73.9 Å². The van der Waals surface area contributed by atoms with E-state index in [4.69, 9.17) is 19.0 Å². The van der Waals surface area contributed by atoms with Crippen molar-refractivity contribution in [3.63, 3.8) is 0 Å². The topological polar surface area (TPSA) is 86.8 Å². The Bertz CT molecular complexity index is 1390. The molecule has 2 atom stereocenters. The van der Waals surface area contributed by atoms with E-state index in [0.717, 1.165) is 42.6 Å². The van der Waals surface area contributed by atoms with Gasteiger partial charge >= 0.3 is 0 Å². The van der Waals surface area contributed by atoms with E-state index in [-0.39, 0.29) is 23.5 Å². The average molecular weight is 530 g/mol. The van der Waals surface area contributed by atoms with Gasteiger partial charge in [-0.3, -0.25) is 9.59 Å². The summed E-state index contributed by atoms with van der Waals surface area (Å²) >= 11 is 0. The summed E-state index contributed by atoms with van der Waals surface area (Å²) in [5.74, 6) is 1.73. The highest BCUT2D eigenvalue weighted by Gasteiger charge is 2.30. The summed E-state index contributed by atoms with van der Waals surface area (Å²) in [6.45, 7) is 3.39. The highest BCUT2D eigenvalue weighted by Crippen LogP contribution is 2.33. The molecule has 8 nitrogen and oxygen atoms in total. The number of amides is 1. The first-order chi connectivity index (χ1) is 19.0. The highest BCUT2D eigenvalue weighted by atomic mass is 16.5. The molecule has 0 bridgehead atoms. The Morgan fingerprint density at radius 2 is 1.97 bits per heavy atom. The number of hydrogen-bond donors (Lipinski definition) is 0. The Morgan fingerprint density at radius 3 is 2.74 bits per heavy atom. The summed E-state index contributed by atoms with van der Waals surface area (Å²) in [6.07, 6.45) is 13.1. The van der Waals surface area contributed by atoms with Gasteiger partial charge < -0.3 is 18.8 Å². The van der Waals surface area contributed by atoms with Gasteiger partial charge in [0.05, 0.1) is 31.7 Å². The van der Waals surface area contributed by atoms with Crippen molar-refractivity contribution in [3.05, 3.63) is 83.6 Å². The quantitative estimate of drug-likeness (QED) is 0.368. The molecule has 0 aliphatic carbocycles. The zero-order valence-electron chi connectivity index (χ0n) is 22.8. The Balaban J connectivity index is 1.36. The van der Waals surface area contributed by atoms with Crippen molar-refractivity contribution in [2.45, 2.75) is 39.0 Å². The van der Waals surface area contributed by atoms with Crippen LogP contribution in [0.3, 0.4) is 0 Å². The van der Waals surface area contributed by atoms with E-state index in [9.17, 15) is 9.59 Å². The standard InChI is InChI=1S/C31H35N3O5/c1-21-19-33(14-7-8-22(21)16-28(35)24-13-15-39-20-24)31(36)26-18-25-9-5-4-6-10-27(34(25)32-26)23-11-12-29(37-2)30(17-23)38-3/h4,6,10-13,15,17-18,20-22H,5,7-9,14,16,19H2,1-3H3/b6-4-,27-10-/t21-,22?/m0/s1. The number of benzene rings is 1. The third-order valence-electron chi connectivity index (χ3n) is 7.76. The number of aryl methyl sites for hydroxylation is 1. The maximum atomic E-state index is 13.7. The van der Waals surface area contributed by atoms with E-state index in [1.165, 1.54) is 12.5 Å². The number of ether oxygens (including phenoxy) is 2. The second kappa shape index (κ2) is 11.8. The van der Waals surface area contributed by atoms with Crippen LogP contribution in [-0.2, 0) is 6.42 Å². The van der Waals surface area contributed by atoms with Crippen molar-refractivity contribution in [3.8, 4) is 11.5 Å². The molecule has 39 heavy (non-hydrogen) atoms. The fourth-order valence-electron chi connectivity index (χ4n) is 5.53. The van der Waals surface area contributed by atoms with E-state index in [1.807, 2.05) is 46.0 Å². The van der Waals surface area contributed by atoms with Crippen molar-refractivity contribution >= 4 is 17.4 Å². The minimum Gasteiger partial charge on any atom is -0.493 e. The molecule has 1 unspecified atom stereocenters. The largest absolute Gasteiger partial charge is 0.493 e. The number of likely N-dealkylation sites (tertiary alicyclic amines) is 1. The molecule has 2 aromatic heterocycles. The molecule has 3 aromatic rings. The van der Waals surface area contributed by atoms with Crippen LogP contribution in [-0.4, -0.2) is 53.7 Å². The van der Waals surface area contributed by atoms with Crippen LogP contribution >= 0.6 is 0 Å². The number of hydrogen-bond acceptors (Lipinski definition) is 6. The van der Waals surface area contributed by atoms with Gasteiger partial charge in [0.2, 0.25) is 0 Å². The van der Waals surface area contributed by atoms with Crippen molar-refractivity contribution in [2.24, 2.45) is 11.8 Å². The van der Waals surface area contributed by atoms with Gasteiger partial charge in [0, 0.05) is 30.8 Å². The molecule has 8 heteroatoms. The van der Waals surface area contributed by atoms with Gasteiger partial charge in [0.15, 0.2) is 23.0 Å². The Kier molecular flexibility index (Phi) is 8.00. The lowest BCUT2D eigenvalue weighted by atomic mass is 9.85. The third-order valence-corrected chi connectivity index (χ3v) is 7.76. The smallest absolute Gasteiger partial charge is 0.274 e. The van der Waals surface area contributed by atoms with Gasteiger partial charge in [-0.1, -0.05) is 19.1 Å². The maximum Gasteiger partial charge on any atom is 0.274 e.